The van der Waals surface area contributed by atoms with Crippen molar-refractivity contribution >= 4 is 5.95 Å². The van der Waals surface area contributed by atoms with E-state index < -0.39 is 0 Å². The van der Waals surface area contributed by atoms with Gasteiger partial charge in [-0.25, -0.2) is 9.97 Å². The van der Waals surface area contributed by atoms with E-state index in [4.69, 9.17) is 9.78 Å². The summed E-state index contributed by atoms with van der Waals surface area (Å²) in [6, 6.07) is 3.50. The molecule has 17 heavy (non-hydrogen) atoms. The molecule has 0 unspecified atom stereocenters. The Bertz CT molecular complexity index is 544. The average Bonchev–Trinajstić information content (AvgIpc) is 2.75. The predicted octanol–water partition coefficient (Wildman–Crippen LogP) is 0.694. The van der Waals surface area contributed by atoms with Gasteiger partial charge in [-0.3, -0.25) is 0 Å². The van der Waals surface area contributed by atoms with E-state index in [0.717, 1.165) is 0 Å². The maximum atomic E-state index is 8.67. The van der Waals surface area contributed by atoms with Gasteiger partial charge in [0.25, 0.3) is 0 Å². The fourth-order valence-corrected chi connectivity index (χ4v) is 1.24. The number of nitrogens with zero attached hydrogens (tertiary/aromatic N) is 5. The standard InChI is InChI=1S/C10H10N6O/c1-7-14-9(16-17-7)3-5-13-10-12-4-2-8(6-11)15-10/h2,4H,3,5H2,1H3,(H,12,13,15). The van der Waals surface area contributed by atoms with Crippen molar-refractivity contribution in [3.05, 3.63) is 29.7 Å². The fourth-order valence-electron chi connectivity index (χ4n) is 1.24. The second-order valence-electron chi connectivity index (χ2n) is 3.28. The van der Waals surface area contributed by atoms with Crippen LogP contribution in [0.15, 0.2) is 16.8 Å². The van der Waals surface area contributed by atoms with Gasteiger partial charge >= 0.3 is 0 Å². The molecule has 2 rings (SSSR count). The third-order valence-corrected chi connectivity index (χ3v) is 1.97. The Balaban J connectivity index is 1.88. The normalized spacial score (nSPS) is 9.88. The molecule has 7 nitrogen and oxygen atoms in total. The minimum atomic E-state index is 0.331. The highest BCUT2D eigenvalue weighted by atomic mass is 16.5. The second-order valence-corrected chi connectivity index (χ2v) is 3.28. The summed E-state index contributed by atoms with van der Waals surface area (Å²) in [6.45, 7) is 2.32. The highest BCUT2D eigenvalue weighted by molar-refractivity contribution is 5.29. The molecule has 0 bridgehead atoms. The molecule has 1 N–H and O–H groups in total. The first kappa shape index (κ1) is 11.0. The zero-order chi connectivity index (χ0) is 12.1. The third kappa shape index (κ3) is 2.98. The van der Waals surface area contributed by atoms with Gasteiger partial charge in [0, 0.05) is 26.1 Å². The van der Waals surface area contributed by atoms with Crippen LogP contribution in [0.5, 0.6) is 0 Å². The third-order valence-electron chi connectivity index (χ3n) is 1.97. The second kappa shape index (κ2) is 5.03. The summed E-state index contributed by atoms with van der Waals surface area (Å²) in [4.78, 5) is 12.0. The molecule has 0 aromatic carbocycles. The Morgan fingerprint density at radius 1 is 1.47 bits per heavy atom. The molecule has 0 fully saturated rings. The lowest BCUT2D eigenvalue weighted by molar-refractivity contribution is 0.387. The van der Waals surface area contributed by atoms with Crippen LogP contribution in [0.3, 0.4) is 0 Å². The fraction of sp³-hybridized carbons (Fsp3) is 0.300. The summed E-state index contributed by atoms with van der Waals surface area (Å²) in [7, 11) is 0. The number of aromatic nitrogens is 4. The highest BCUT2D eigenvalue weighted by Crippen LogP contribution is 2.00. The largest absolute Gasteiger partial charge is 0.354 e. The lowest BCUT2D eigenvalue weighted by atomic mass is 10.4. The van der Waals surface area contributed by atoms with E-state index in [9.17, 15) is 0 Å². The Kier molecular flexibility index (Phi) is 3.25. The molecule has 0 atom stereocenters. The van der Waals surface area contributed by atoms with E-state index in [1.54, 1.807) is 13.0 Å². The van der Waals surface area contributed by atoms with Crippen molar-refractivity contribution in [3.8, 4) is 6.07 Å². The van der Waals surface area contributed by atoms with Crippen molar-refractivity contribution in [1.82, 2.24) is 20.1 Å². The summed E-state index contributed by atoms with van der Waals surface area (Å²) in [6.07, 6.45) is 2.14. The summed E-state index contributed by atoms with van der Waals surface area (Å²) in [5.74, 6) is 1.60. The minimum absolute atomic E-state index is 0.331. The van der Waals surface area contributed by atoms with Crippen LogP contribution in [0.25, 0.3) is 0 Å². The first-order valence-corrected chi connectivity index (χ1v) is 5.04. The number of nitrogens with one attached hydrogen (secondary N) is 1. The van der Waals surface area contributed by atoms with Gasteiger partial charge in [-0.1, -0.05) is 5.16 Å². The van der Waals surface area contributed by atoms with E-state index in [1.807, 2.05) is 6.07 Å². The van der Waals surface area contributed by atoms with Gasteiger partial charge < -0.3 is 9.84 Å². The molecule has 86 valence electrons. The monoisotopic (exact) mass is 230 g/mol. The van der Waals surface area contributed by atoms with Gasteiger partial charge in [0.15, 0.2) is 5.82 Å². The summed E-state index contributed by atoms with van der Waals surface area (Å²) < 4.78 is 4.84. The van der Waals surface area contributed by atoms with Crippen molar-refractivity contribution in [1.29, 1.82) is 5.26 Å². The van der Waals surface area contributed by atoms with Crippen LogP contribution >= 0.6 is 0 Å². The topological polar surface area (TPSA) is 101 Å². The van der Waals surface area contributed by atoms with E-state index in [-0.39, 0.29) is 0 Å². The maximum Gasteiger partial charge on any atom is 0.223 e. The van der Waals surface area contributed by atoms with Gasteiger partial charge in [0.2, 0.25) is 11.8 Å². The first-order chi connectivity index (χ1) is 8.28. The van der Waals surface area contributed by atoms with Gasteiger partial charge in [-0.05, 0) is 6.07 Å². The molecule has 0 amide bonds. The molecule has 0 radical (unpaired) electrons. The molecule has 0 saturated carbocycles. The summed E-state index contributed by atoms with van der Waals surface area (Å²) >= 11 is 0. The molecule has 0 spiro atoms. The van der Waals surface area contributed by atoms with Crippen molar-refractivity contribution in [2.24, 2.45) is 0 Å². The van der Waals surface area contributed by atoms with Crippen LogP contribution in [0.1, 0.15) is 17.4 Å². The van der Waals surface area contributed by atoms with E-state index in [2.05, 4.69) is 25.4 Å². The number of hydrogen-bond acceptors (Lipinski definition) is 7. The van der Waals surface area contributed by atoms with Crippen molar-refractivity contribution in [2.75, 3.05) is 11.9 Å². The Hall–Kier alpha value is -2.49. The molecular formula is C10H10N6O. The zero-order valence-corrected chi connectivity index (χ0v) is 9.21. The Labute approximate surface area is 97.5 Å². The van der Waals surface area contributed by atoms with Gasteiger partial charge in [-0.2, -0.15) is 10.2 Å². The first-order valence-electron chi connectivity index (χ1n) is 5.04. The number of nitriles is 1. The van der Waals surface area contributed by atoms with Crippen molar-refractivity contribution in [3.63, 3.8) is 0 Å². The van der Waals surface area contributed by atoms with Crippen molar-refractivity contribution < 1.29 is 4.52 Å². The lowest BCUT2D eigenvalue weighted by Gasteiger charge is -2.01. The van der Waals surface area contributed by atoms with Gasteiger partial charge in [0.1, 0.15) is 11.8 Å². The molecule has 7 heteroatoms. The van der Waals surface area contributed by atoms with E-state index in [1.165, 1.54) is 6.20 Å². The number of anilines is 1. The van der Waals surface area contributed by atoms with E-state index >= 15 is 0 Å². The minimum Gasteiger partial charge on any atom is -0.354 e. The average molecular weight is 230 g/mol. The van der Waals surface area contributed by atoms with Crippen LogP contribution in [-0.2, 0) is 6.42 Å². The molecule has 2 aromatic heterocycles. The molecule has 0 aliphatic carbocycles. The smallest absolute Gasteiger partial charge is 0.223 e. The van der Waals surface area contributed by atoms with Crippen LogP contribution in [0.2, 0.25) is 0 Å². The molecular weight excluding hydrogens is 220 g/mol. The van der Waals surface area contributed by atoms with Crippen LogP contribution in [0, 0.1) is 18.3 Å². The van der Waals surface area contributed by atoms with Crippen molar-refractivity contribution in [2.45, 2.75) is 13.3 Å². The summed E-state index contributed by atoms with van der Waals surface area (Å²) in [5, 5.41) is 15.4. The SMILES string of the molecule is Cc1nc(CCNc2nccc(C#N)n2)no1. The highest BCUT2D eigenvalue weighted by Gasteiger charge is 2.02. The predicted molar refractivity (Wildman–Crippen MR) is 58.0 cm³/mol. The number of hydrogen-bond donors (Lipinski definition) is 1. The van der Waals surface area contributed by atoms with E-state index in [0.29, 0.717) is 36.3 Å². The molecule has 0 saturated heterocycles. The Morgan fingerprint density at radius 3 is 3.06 bits per heavy atom. The quantitative estimate of drug-likeness (QED) is 0.824. The Morgan fingerprint density at radius 2 is 2.35 bits per heavy atom. The zero-order valence-electron chi connectivity index (χ0n) is 9.21. The molecule has 2 aromatic rings. The molecule has 0 aliphatic rings. The van der Waals surface area contributed by atoms with Crippen LogP contribution in [-0.4, -0.2) is 26.7 Å². The van der Waals surface area contributed by atoms with Crippen LogP contribution < -0.4 is 5.32 Å². The van der Waals surface area contributed by atoms with Crippen LogP contribution in [0.4, 0.5) is 5.95 Å². The number of aryl methyl sites for hydroxylation is 1. The maximum absolute atomic E-state index is 8.67. The molecule has 0 aliphatic heterocycles. The van der Waals surface area contributed by atoms with Gasteiger partial charge in [0.05, 0.1) is 0 Å². The van der Waals surface area contributed by atoms with Gasteiger partial charge in [-0.15, -0.1) is 0 Å². The molecule has 2 heterocycles. The lowest BCUT2D eigenvalue weighted by Crippen LogP contribution is -2.09. The summed E-state index contributed by atoms with van der Waals surface area (Å²) in [5.41, 5.74) is 0.331. The number of rotatable bonds is 4.